The number of rotatable bonds is 5. The Hall–Kier alpha value is -2.73. The summed E-state index contributed by atoms with van der Waals surface area (Å²) in [6.45, 7) is 5.16. The zero-order valence-electron chi connectivity index (χ0n) is 14.0. The Labute approximate surface area is 140 Å². The fraction of sp³-hybridized carbons (Fsp3) is 0.278. The first-order chi connectivity index (χ1) is 11.4. The van der Waals surface area contributed by atoms with Crippen LogP contribution in [0.15, 0.2) is 29.4 Å². The fourth-order valence-electron chi connectivity index (χ4n) is 2.33. The van der Waals surface area contributed by atoms with Crippen LogP contribution in [0.4, 0.5) is 5.69 Å². The molecule has 0 fully saturated rings. The van der Waals surface area contributed by atoms with Crippen LogP contribution in [0.1, 0.15) is 27.9 Å². The highest BCUT2D eigenvalue weighted by Crippen LogP contribution is 2.22. The SMILES string of the molecule is Cc1cccc(C)c1NC(=O)CN=Cc1c(CO)cnc(C)c1O. The van der Waals surface area contributed by atoms with E-state index in [0.29, 0.717) is 16.8 Å². The molecule has 0 spiro atoms. The molecule has 6 heteroatoms. The van der Waals surface area contributed by atoms with E-state index < -0.39 is 0 Å². The van der Waals surface area contributed by atoms with Crippen LogP contribution in [-0.4, -0.2) is 33.9 Å². The molecule has 0 aliphatic rings. The van der Waals surface area contributed by atoms with E-state index in [9.17, 15) is 15.0 Å². The summed E-state index contributed by atoms with van der Waals surface area (Å²) >= 11 is 0. The molecule has 6 nitrogen and oxygen atoms in total. The predicted molar refractivity (Wildman–Crippen MR) is 93.6 cm³/mol. The van der Waals surface area contributed by atoms with Crippen molar-refractivity contribution in [2.45, 2.75) is 27.4 Å². The van der Waals surface area contributed by atoms with E-state index in [-0.39, 0.29) is 24.8 Å². The maximum Gasteiger partial charge on any atom is 0.246 e. The number of carbonyl (C=O) groups is 1. The molecule has 0 radical (unpaired) electrons. The summed E-state index contributed by atoms with van der Waals surface area (Å²) in [4.78, 5) is 20.1. The molecule has 0 bridgehead atoms. The number of aliphatic hydroxyl groups excluding tert-OH is 1. The van der Waals surface area contributed by atoms with Gasteiger partial charge in [-0.25, -0.2) is 0 Å². The lowest BCUT2D eigenvalue weighted by Gasteiger charge is -2.10. The van der Waals surface area contributed by atoms with E-state index in [0.717, 1.165) is 16.8 Å². The Balaban J connectivity index is 2.10. The number of aromatic nitrogens is 1. The number of para-hydroxylation sites is 1. The molecule has 126 valence electrons. The van der Waals surface area contributed by atoms with Crippen LogP contribution >= 0.6 is 0 Å². The molecule has 3 N–H and O–H groups in total. The number of aryl methyl sites for hydroxylation is 3. The van der Waals surface area contributed by atoms with Crippen molar-refractivity contribution in [1.82, 2.24) is 4.98 Å². The number of nitrogens with one attached hydrogen (secondary N) is 1. The molecule has 0 saturated carbocycles. The van der Waals surface area contributed by atoms with E-state index in [4.69, 9.17) is 0 Å². The van der Waals surface area contributed by atoms with Gasteiger partial charge in [-0.3, -0.25) is 14.8 Å². The molecule has 0 unspecified atom stereocenters. The Bertz CT molecular complexity index is 765. The highest BCUT2D eigenvalue weighted by molar-refractivity contribution is 5.95. The van der Waals surface area contributed by atoms with Gasteiger partial charge in [-0.05, 0) is 31.9 Å². The standard InChI is InChI=1S/C18H21N3O3/c1-11-5-4-6-12(2)17(11)21-16(23)9-19-8-15-14(10-22)7-20-13(3)18(15)24/h4-8,22,24H,9-10H2,1-3H3,(H,21,23). The summed E-state index contributed by atoms with van der Waals surface area (Å²) in [6, 6.07) is 5.79. The van der Waals surface area contributed by atoms with Gasteiger partial charge in [0.05, 0.1) is 12.3 Å². The van der Waals surface area contributed by atoms with Crippen molar-refractivity contribution in [2.75, 3.05) is 11.9 Å². The van der Waals surface area contributed by atoms with Gasteiger partial charge >= 0.3 is 0 Å². The van der Waals surface area contributed by atoms with Crippen molar-refractivity contribution >= 4 is 17.8 Å². The van der Waals surface area contributed by atoms with Crippen LogP contribution in [-0.2, 0) is 11.4 Å². The van der Waals surface area contributed by atoms with E-state index in [1.807, 2.05) is 32.0 Å². The van der Waals surface area contributed by atoms with Gasteiger partial charge in [0, 0.05) is 29.2 Å². The zero-order valence-corrected chi connectivity index (χ0v) is 14.0. The van der Waals surface area contributed by atoms with Crippen molar-refractivity contribution in [1.29, 1.82) is 0 Å². The monoisotopic (exact) mass is 327 g/mol. The molecule has 0 atom stereocenters. The van der Waals surface area contributed by atoms with Crippen molar-refractivity contribution < 1.29 is 15.0 Å². The molecule has 2 aromatic rings. The van der Waals surface area contributed by atoms with Gasteiger partial charge in [-0.1, -0.05) is 18.2 Å². The molecule has 1 amide bonds. The van der Waals surface area contributed by atoms with Crippen LogP contribution in [0, 0.1) is 20.8 Å². The number of benzene rings is 1. The van der Waals surface area contributed by atoms with Crippen molar-refractivity contribution in [3.05, 3.63) is 52.3 Å². The Kier molecular flexibility index (Phi) is 5.65. The summed E-state index contributed by atoms with van der Waals surface area (Å²) in [5.41, 5.74) is 4.03. The summed E-state index contributed by atoms with van der Waals surface area (Å²) in [7, 11) is 0. The number of aliphatic hydroxyl groups is 1. The maximum atomic E-state index is 12.1. The molecule has 0 saturated heterocycles. The number of aliphatic imine (C=N–C) groups is 1. The first-order valence-electron chi connectivity index (χ1n) is 7.58. The molecule has 1 heterocycles. The lowest BCUT2D eigenvalue weighted by atomic mass is 10.1. The number of pyridine rings is 1. The molecular weight excluding hydrogens is 306 g/mol. The number of hydrogen-bond acceptors (Lipinski definition) is 5. The van der Waals surface area contributed by atoms with Crippen molar-refractivity contribution in [2.24, 2.45) is 4.99 Å². The minimum atomic E-state index is -0.267. The first kappa shape index (κ1) is 17.6. The number of nitrogens with zero attached hydrogens (tertiary/aromatic N) is 2. The summed E-state index contributed by atoms with van der Waals surface area (Å²) in [6.07, 6.45) is 2.87. The fourth-order valence-corrected chi connectivity index (χ4v) is 2.33. The predicted octanol–water partition coefficient (Wildman–Crippen LogP) is 2.26. The van der Waals surface area contributed by atoms with Crippen LogP contribution in [0.5, 0.6) is 5.75 Å². The lowest BCUT2D eigenvalue weighted by Crippen LogP contribution is -2.16. The van der Waals surface area contributed by atoms with Gasteiger partial charge in [0.2, 0.25) is 5.91 Å². The van der Waals surface area contributed by atoms with Gasteiger partial charge < -0.3 is 15.5 Å². The molecule has 1 aromatic heterocycles. The van der Waals surface area contributed by atoms with Crippen molar-refractivity contribution in [3.63, 3.8) is 0 Å². The summed E-state index contributed by atoms with van der Waals surface area (Å²) < 4.78 is 0. The van der Waals surface area contributed by atoms with Gasteiger partial charge in [0.25, 0.3) is 0 Å². The van der Waals surface area contributed by atoms with Gasteiger partial charge in [-0.15, -0.1) is 0 Å². The second-order valence-corrected chi connectivity index (χ2v) is 5.57. The van der Waals surface area contributed by atoms with E-state index in [1.54, 1.807) is 6.92 Å². The topological polar surface area (TPSA) is 94.8 Å². The van der Waals surface area contributed by atoms with Crippen LogP contribution in [0.25, 0.3) is 0 Å². The van der Waals surface area contributed by atoms with Gasteiger partial charge in [0.15, 0.2) is 0 Å². The molecule has 2 rings (SSSR count). The zero-order chi connectivity index (χ0) is 17.7. The average Bonchev–Trinajstić information content (AvgIpc) is 2.55. The summed E-state index contributed by atoms with van der Waals surface area (Å²) in [5.74, 6) is -0.292. The average molecular weight is 327 g/mol. The highest BCUT2D eigenvalue weighted by Gasteiger charge is 2.10. The van der Waals surface area contributed by atoms with E-state index >= 15 is 0 Å². The normalized spacial score (nSPS) is 11.0. The number of aromatic hydroxyl groups is 1. The van der Waals surface area contributed by atoms with Crippen LogP contribution in [0.2, 0.25) is 0 Å². The Morgan fingerprint density at radius 2 is 1.96 bits per heavy atom. The third-order valence-corrected chi connectivity index (χ3v) is 3.73. The third-order valence-electron chi connectivity index (χ3n) is 3.73. The van der Waals surface area contributed by atoms with Crippen LogP contribution in [0.3, 0.4) is 0 Å². The third kappa shape index (κ3) is 3.97. The highest BCUT2D eigenvalue weighted by atomic mass is 16.3. The quantitative estimate of drug-likeness (QED) is 0.734. The molecule has 0 aliphatic heterocycles. The lowest BCUT2D eigenvalue weighted by molar-refractivity contribution is -0.114. The van der Waals surface area contributed by atoms with Gasteiger partial charge in [0.1, 0.15) is 12.3 Å². The maximum absolute atomic E-state index is 12.1. The second-order valence-electron chi connectivity index (χ2n) is 5.57. The Morgan fingerprint density at radius 3 is 2.58 bits per heavy atom. The van der Waals surface area contributed by atoms with Crippen LogP contribution < -0.4 is 5.32 Å². The minimum Gasteiger partial charge on any atom is -0.505 e. The number of anilines is 1. The molecule has 0 aliphatic carbocycles. The molecule has 1 aromatic carbocycles. The summed E-state index contributed by atoms with van der Waals surface area (Å²) in [5, 5.41) is 22.2. The number of hydrogen-bond donors (Lipinski definition) is 3. The van der Waals surface area contributed by atoms with E-state index in [1.165, 1.54) is 12.4 Å². The second kappa shape index (κ2) is 7.70. The first-order valence-corrected chi connectivity index (χ1v) is 7.58. The van der Waals surface area contributed by atoms with Gasteiger partial charge in [-0.2, -0.15) is 0 Å². The number of carbonyl (C=O) groups excluding carboxylic acids is 1. The van der Waals surface area contributed by atoms with E-state index in [2.05, 4.69) is 15.3 Å². The Morgan fingerprint density at radius 1 is 1.29 bits per heavy atom. The molecular formula is C18H21N3O3. The smallest absolute Gasteiger partial charge is 0.246 e. The minimum absolute atomic E-state index is 0.0412. The largest absolute Gasteiger partial charge is 0.505 e. The molecule has 24 heavy (non-hydrogen) atoms. The van der Waals surface area contributed by atoms with Crippen molar-refractivity contribution in [3.8, 4) is 5.75 Å². The number of amides is 1.